The number of carbonyl (C=O) groups excluding carboxylic acids is 1. The summed E-state index contributed by atoms with van der Waals surface area (Å²) in [6.45, 7) is 0. The Morgan fingerprint density at radius 3 is 2.27 bits per heavy atom. The van der Waals surface area contributed by atoms with Gasteiger partial charge in [0.1, 0.15) is 12.2 Å². The van der Waals surface area contributed by atoms with Crippen LogP contribution in [0.3, 0.4) is 0 Å². The van der Waals surface area contributed by atoms with Crippen molar-refractivity contribution >= 4 is 28.8 Å². The van der Waals surface area contributed by atoms with Crippen LogP contribution < -0.4 is 0 Å². The highest BCUT2D eigenvalue weighted by atomic mass is 32.2. The Balaban J connectivity index is 1.82. The molecule has 3 aromatic rings. The van der Waals surface area contributed by atoms with Crippen LogP contribution in [-0.4, -0.2) is 6.29 Å². The normalized spacial score (nSPS) is 11.8. The van der Waals surface area contributed by atoms with E-state index in [-0.39, 0.29) is 0 Å². The maximum absolute atomic E-state index is 10.8. The van der Waals surface area contributed by atoms with Crippen LogP contribution in [0.25, 0.3) is 10.8 Å². The molecule has 0 heterocycles. The van der Waals surface area contributed by atoms with Crippen molar-refractivity contribution in [3.05, 3.63) is 72.3 Å². The molecule has 0 saturated carbocycles. The van der Waals surface area contributed by atoms with E-state index in [4.69, 9.17) is 5.26 Å². The third-order valence-corrected chi connectivity index (χ3v) is 4.47. The molecule has 1 atom stereocenters. The first-order valence-electron chi connectivity index (χ1n) is 6.91. The first kappa shape index (κ1) is 14.4. The quantitative estimate of drug-likeness (QED) is 0.650. The number of nitriles is 1. The van der Waals surface area contributed by atoms with E-state index < -0.39 is 5.92 Å². The minimum absolute atomic E-state index is 0.672. The molecule has 0 radical (unpaired) electrons. The molecule has 3 rings (SSSR count). The summed E-state index contributed by atoms with van der Waals surface area (Å²) in [6, 6.07) is 24.2. The third-order valence-electron chi connectivity index (χ3n) is 3.47. The van der Waals surface area contributed by atoms with Crippen molar-refractivity contribution < 1.29 is 4.79 Å². The maximum Gasteiger partial charge on any atom is 0.141 e. The number of rotatable bonds is 4. The Hall–Kier alpha value is -2.57. The Morgan fingerprint density at radius 1 is 0.909 bits per heavy atom. The summed E-state index contributed by atoms with van der Waals surface area (Å²) in [6.07, 6.45) is 0.672. The minimum atomic E-state index is -0.681. The molecular weight excluding hydrogens is 290 g/mol. The van der Waals surface area contributed by atoms with Crippen molar-refractivity contribution in [2.75, 3.05) is 0 Å². The van der Waals surface area contributed by atoms with Crippen molar-refractivity contribution in [1.82, 2.24) is 0 Å². The maximum atomic E-state index is 10.8. The van der Waals surface area contributed by atoms with E-state index in [0.29, 0.717) is 6.29 Å². The Kier molecular flexibility index (Phi) is 4.22. The van der Waals surface area contributed by atoms with Gasteiger partial charge < -0.3 is 4.79 Å². The van der Waals surface area contributed by atoms with E-state index in [1.165, 1.54) is 15.7 Å². The van der Waals surface area contributed by atoms with E-state index in [1.807, 2.05) is 42.5 Å². The molecule has 0 aliphatic rings. The molecule has 0 aromatic heterocycles. The standard InChI is InChI=1S/C19H13NOS/c20-12-17(13-21)15-5-8-18(9-6-15)22-19-10-7-14-3-1-2-4-16(14)11-19/h1-11,13,17H/t17-/m1/s1. The van der Waals surface area contributed by atoms with Crippen LogP contribution in [0.5, 0.6) is 0 Å². The number of benzene rings is 3. The largest absolute Gasteiger partial charge is 0.302 e. The van der Waals surface area contributed by atoms with Crippen molar-refractivity contribution in [2.24, 2.45) is 0 Å². The van der Waals surface area contributed by atoms with Crippen LogP contribution >= 0.6 is 11.8 Å². The van der Waals surface area contributed by atoms with Gasteiger partial charge in [-0.1, -0.05) is 54.2 Å². The highest BCUT2D eigenvalue weighted by Crippen LogP contribution is 2.30. The number of aldehydes is 1. The van der Waals surface area contributed by atoms with Crippen molar-refractivity contribution in [2.45, 2.75) is 15.7 Å². The summed E-state index contributed by atoms with van der Waals surface area (Å²) >= 11 is 1.67. The number of hydrogen-bond acceptors (Lipinski definition) is 3. The monoisotopic (exact) mass is 303 g/mol. The van der Waals surface area contributed by atoms with Gasteiger partial charge in [-0.05, 0) is 40.6 Å². The molecule has 0 aliphatic carbocycles. The molecular formula is C19H13NOS. The Labute approximate surface area is 133 Å². The van der Waals surface area contributed by atoms with Crippen molar-refractivity contribution in [3.8, 4) is 6.07 Å². The van der Waals surface area contributed by atoms with Gasteiger partial charge in [-0.15, -0.1) is 0 Å². The summed E-state index contributed by atoms with van der Waals surface area (Å²) in [5.74, 6) is -0.681. The lowest BCUT2D eigenvalue weighted by molar-refractivity contribution is -0.108. The van der Waals surface area contributed by atoms with Gasteiger partial charge in [0, 0.05) is 9.79 Å². The van der Waals surface area contributed by atoms with E-state index in [0.717, 1.165) is 10.5 Å². The molecule has 0 bridgehead atoms. The predicted octanol–water partition coefficient (Wildman–Crippen LogP) is 4.80. The van der Waals surface area contributed by atoms with Crippen molar-refractivity contribution in [1.29, 1.82) is 5.26 Å². The number of nitrogens with zero attached hydrogens (tertiary/aromatic N) is 1. The van der Waals surface area contributed by atoms with Gasteiger partial charge in [-0.3, -0.25) is 0 Å². The van der Waals surface area contributed by atoms with Crippen LogP contribution in [0.4, 0.5) is 0 Å². The van der Waals surface area contributed by atoms with E-state index in [2.05, 4.69) is 30.3 Å². The zero-order valence-electron chi connectivity index (χ0n) is 11.8. The van der Waals surface area contributed by atoms with Gasteiger partial charge in [-0.25, -0.2) is 0 Å². The van der Waals surface area contributed by atoms with Crippen LogP contribution in [0.15, 0.2) is 76.5 Å². The molecule has 2 nitrogen and oxygen atoms in total. The molecule has 0 fully saturated rings. The lowest BCUT2D eigenvalue weighted by Gasteiger charge is -2.06. The molecule has 0 unspecified atom stereocenters. The molecule has 3 aromatic carbocycles. The van der Waals surface area contributed by atoms with Crippen LogP contribution in [0.2, 0.25) is 0 Å². The van der Waals surface area contributed by atoms with Gasteiger partial charge in [0.25, 0.3) is 0 Å². The SMILES string of the molecule is N#C[C@H](C=O)c1ccc(Sc2ccc3ccccc3c2)cc1. The summed E-state index contributed by atoms with van der Waals surface area (Å²) < 4.78 is 0. The second-order valence-corrected chi connectivity index (χ2v) is 6.07. The molecule has 0 spiro atoms. The average molecular weight is 303 g/mol. The molecule has 3 heteroatoms. The van der Waals surface area contributed by atoms with E-state index >= 15 is 0 Å². The number of hydrogen-bond donors (Lipinski definition) is 0. The Bertz CT molecular complexity index is 849. The second-order valence-electron chi connectivity index (χ2n) is 4.92. The fraction of sp³-hybridized carbons (Fsp3) is 0.0526. The highest BCUT2D eigenvalue weighted by molar-refractivity contribution is 7.99. The molecule has 0 N–H and O–H groups in total. The summed E-state index contributed by atoms with van der Waals surface area (Å²) in [5.41, 5.74) is 0.736. The predicted molar refractivity (Wildman–Crippen MR) is 88.9 cm³/mol. The van der Waals surface area contributed by atoms with Gasteiger partial charge in [0.2, 0.25) is 0 Å². The van der Waals surface area contributed by atoms with Crippen LogP contribution in [-0.2, 0) is 4.79 Å². The van der Waals surface area contributed by atoms with Crippen LogP contribution in [0, 0.1) is 11.3 Å². The van der Waals surface area contributed by atoms with E-state index in [1.54, 1.807) is 11.8 Å². The number of fused-ring (bicyclic) bond motifs is 1. The summed E-state index contributed by atoms with van der Waals surface area (Å²) in [5, 5.41) is 11.3. The minimum Gasteiger partial charge on any atom is -0.302 e. The zero-order chi connectivity index (χ0) is 15.4. The molecule has 0 aliphatic heterocycles. The van der Waals surface area contributed by atoms with E-state index in [9.17, 15) is 4.79 Å². The second kappa shape index (κ2) is 6.46. The van der Waals surface area contributed by atoms with Crippen molar-refractivity contribution in [3.63, 3.8) is 0 Å². The Morgan fingerprint density at radius 2 is 1.59 bits per heavy atom. The lowest BCUT2D eigenvalue weighted by Crippen LogP contribution is -1.95. The first-order chi connectivity index (χ1) is 10.8. The molecule has 0 saturated heterocycles. The molecule has 22 heavy (non-hydrogen) atoms. The lowest BCUT2D eigenvalue weighted by atomic mass is 10.0. The van der Waals surface area contributed by atoms with Gasteiger partial charge in [0.15, 0.2) is 0 Å². The van der Waals surface area contributed by atoms with Gasteiger partial charge in [0.05, 0.1) is 6.07 Å². The molecule has 106 valence electrons. The van der Waals surface area contributed by atoms with Crippen LogP contribution in [0.1, 0.15) is 11.5 Å². The van der Waals surface area contributed by atoms with Gasteiger partial charge >= 0.3 is 0 Å². The topological polar surface area (TPSA) is 40.9 Å². The smallest absolute Gasteiger partial charge is 0.141 e. The van der Waals surface area contributed by atoms with Gasteiger partial charge in [-0.2, -0.15) is 5.26 Å². The third kappa shape index (κ3) is 3.03. The zero-order valence-corrected chi connectivity index (χ0v) is 12.6. The summed E-state index contributed by atoms with van der Waals surface area (Å²) in [4.78, 5) is 13.1. The average Bonchev–Trinajstić information content (AvgIpc) is 2.57. The first-order valence-corrected chi connectivity index (χ1v) is 7.73. The highest BCUT2D eigenvalue weighted by Gasteiger charge is 2.08. The molecule has 0 amide bonds. The fourth-order valence-electron chi connectivity index (χ4n) is 2.29. The fourth-order valence-corrected chi connectivity index (χ4v) is 3.16. The number of carbonyl (C=O) groups is 1. The summed E-state index contributed by atoms with van der Waals surface area (Å²) in [7, 11) is 0.